The Labute approximate surface area is 303 Å². The highest BCUT2D eigenvalue weighted by atomic mass is 32.2. The Kier molecular flexibility index (Phi) is 15.2. The van der Waals surface area contributed by atoms with E-state index in [2.05, 4.69) is 47.1 Å². The smallest absolute Gasteiger partial charge is 0.341 e. The molecule has 258 valence electrons. The molecule has 0 atom stereocenters. The van der Waals surface area contributed by atoms with Crippen LogP contribution in [-0.2, 0) is 30.4 Å². The van der Waals surface area contributed by atoms with E-state index in [0.717, 1.165) is 51.3 Å². The minimum atomic E-state index is -0.516. The van der Waals surface area contributed by atoms with Crippen LogP contribution >= 0.6 is 11.8 Å². The van der Waals surface area contributed by atoms with Crippen molar-refractivity contribution >= 4 is 35.7 Å². The molecule has 51 heavy (non-hydrogen) atoms. The van der Waals surface area contributed by atoms with Crippen LogP contribution in [0.25, 0.3) is 6.08 Å². The van der Waals surface area contributed by atoms with E-state index in [1.807, 2.05) is 66.7 Å². The molecule has 4 rings (SSSR count). The molecule has 0 aliphatic rings. The standard InChI is InChI=1S/C43H38O7S/c1-4-41(44)49-28-5-6-29-51-38-25-22-35(23-26-38)15-14-34-17-20-37(21-18-34)31-50-40-27-24-36(30-39(40)43(46)48-3)19-16-33-12-10-32(11-13-33)8-7-9-42(45)47-2/h4,7-8,10-13,17-18,20-27,30H,1,5-6,9,28-29,31H2,2-3H3/b8-7+. The summed E-state index contributed by atoms with van der Waals surface area (Å²) in [6, 6.07) is 28.7. The Morgan fingerprint density at radius 2 is 1.35 bits per heavy atom. The van der Waals surface area contributed by atoms with Crippen LogP contribution < -0.4 is 4.74 Å². The molecule has 0 saturated heterocycles. The van der Waals surface area contributed by atoms with Crippen molar-refractivity contribution in [1.82, 2.24) is 0 Å². The normalized spacial score (nSPS) is 10.2. The van der Waals surface area contributed by atoms with Gasteiger partial charge in [0.25, 0.3) is 0 Å². The number of carbonyl (C=O) groups is 3. The third kappa shape index (κ3) is 13.1. The van der Waals surface area contributed by atoms with Gasteiger partial charge < -0.3 is 18.9 Å². The van der Waals surface area contributed by atoms with Gasteiger partial charge in [-0.2, -0.15) is 0 Å². The molecule has 0 bridgehead atoms. The average Bonchev–Trinajstić information content (AvgIpc) is 3.17. The first-order chi connectivity index (χ1) is 24.9. The third-order valence-electron chi connectivity index (χ3n) is 7.24. The highest BCUT2D eigenvalue weighted by Crippen LogP contribution is 2.23. The van der Waals surface area contributed by atoms with E-state index in [1.165, 1.54) is 20.3 Å². The molecule has 4 aromatic carbocycles. The number of thioether (sulfide) groups is 1. The maximum Gasteiger partial charge on any atom is 0.341 e. The van der Waals surface area contributed by atoms with Crippen LogP contribution in [0.3, 0.4) is 0 Å². The van der Waals surface area contributed by atoms with E-state index in [4.69, 9.17) is 14.2 Å². The van der Waals surface area contributed by atoms with Crippen molar-refractivity contribution < 1.29 is 33.3 Å². The summed E-state index contributed by atoms with van der Waals surface area (Å²) in [6.45, 7) is 4.05. The van der Waals surface area contributed by atoms with Gasteiger partial charge in [-0.15, -0.1) is 11.8 Å². The molecule has 4 aromatic rings. The molecule has 0 radical (unpaired) electrons. The SMILES string of the molecule is C=CC(=O)OCCCCSc1ccc(C#Cc2ccc(COc3ccc(C#Cc4ccc(/C=C/CC(=O)OC)cc4)cc3C(=O)OC)cc2)cc1. The number of unbranched alkanes of at least 4 members (excludes halogenated alkanes) is 1. The Hall–Kier alpha value is -5.96. The van der Waals surface area contributed by atoms with Crippen molar-refractivity contribution in [3.63, 3.8) is 0 Å². The van der Waals surface area contributed by atoms with Gasteiger partial charge in [0.2, 0.25) is 0 Å². The number of hydrogen-bond acceptors (Lipinski definition) is 8. The number of hydrogen-bond donors (Lipinski definition) is 0. The van der Waals surface area contributed by atoms with Gasteiger partial charge in [0.1, 0.15) is 17.9 Å². The van der Waals surface area contributed by atoms with Gasteiger partial charge in [0, 0.05) is 33.2 Å². The van der Waals surface area contributed by atoms with Crippen molar-refractivity contribution in [1.29, 1.82) is 0 Å². The summed E-state index contributed by atoms with van der Waals surface area (Å²) < 4.78 is 20.7. The lowest BCUT2D eigenvalue weighted by Crippen LogP contribution is -2.06. The second kappa shape index (κ2) is 20.5. The second-order valence-electron chi connectivity index (χ2n) is 10.9. The summed E-state index contributed by atoms with van der Waals surface area (Å²) in [6.07, 6.45) is 6.75. The topological polar surface area (TPSA) is 88.1 Å². The predicted molar refractivity (Wildman–Crippen MR) is 200 cm³/mol. The lowest BCUT2D eigenvalue weighted by molar-refractivity contribution is -0.139. The highest BCUT2D eigenvalue weighted by Gasteiger charge is 2.14. The van der Waals surface area contributed by atoms with Gasteiger partial charge in [0.15, 0.2) is 0 Å². The second-order valence-corrected chi connectivity index (χ2v) is 12.1. The van der Waals surface area contributed by atoms with Gasteiger partial charge in [-0.3, -0.25) is 4.79 Å². The summed E-state index contributed by atoms with van der Waals surface area (Å²) in [7, 11) is 2.69. The van der Waals surface area contributed by atoms with Crippen LogP contribution in [0.5, 0.6) is 5.75 Å². The molecule has 0 N–H and O–H groups in total. The first-order valence-electron chi connectivity index (χ1n) is 16.2. The summed E-state index contributed by atoms with van der Waals surface area (Å²) >= 11 is 1.76. The first kappa shape index (κ1) is 37.9. The Morgan fingerprint density at radius 3 is 1.98 bits per heavy atom. The molecule has 0 spiro atoms. The van der Waals surface area contributed by atoms with Gasteiger partial charge in [-0.1, -0.05) is 66.7 Å². The molecule has 0 aromatic heterocycles. The van der Waals surface area contributed by atoms with E-state index in [1.54, 1.807) is 36.0 Å². The Bertz CT molecular complexity index is 1950. The Balaban J connectivity index is 1.29. The number of rotatable bonds is 14. The minimum Gasteiger partial charge on any atom is -0.488 e. The van der Waals surface area contributed by atoms with E-state index in [-0.39, 0.29) is 30.5 Å². The zero-order chi connectivity index (χ0) is 36.3. The third-order valence-corrected chi connectivity index (χ3v) is 8.34. The zero-order valence-corrected chi connectivity index (χ0v) is 29.4. The van der Waals surface area contributed by atoms with Gasteiger partial charge in [-0.25, -0.2) is 9.59 Å². The molecular weight excluding hydrogens is 661 g/mol. The molecule has 0 fully saturated rings. The van der Waals surface area contributed by atoms with Crippen LogP contribution in [0.2, 0.25) is 0 Å². The fourth-order valence-electron chi connectivity index (χ4n) is 4.45. The molecule has 0 saturated carbocycles. The van der Waals surface area contributed by atoms with Gasteiger partial charge in [0.05, 0.1) is 27.2 Å². The zero-order valence-electron chi connectivity index (χ0n) is 28.6. The lowest BCUT2D eigenvalue weighted by atomic mass is 10.1. The molecule has 0 aliphatic carbocycles. The molecule has 0 heterocycles. The summed E-state index contributed by atoms with van der Waals surface area (Å²) in [5, 5.41) is 0. The number of esters is 3. The predicted octanol–water partition coefficient (Wildman–Crippen LogP) is 8.03. The van der Waals surface area contributed by atoms with E-state index in [9.17, 15) is 14.4 Å². The summed E-state index contributed by atoms with van der Waals surface area (Å²) in [4.78, 5) is 36.1. The maximum absolute atomic E-state index is 12.6. The Morgan fingerprint density at radius 1 is 0.745 bits per heavy atom. The fourth-order valence-corrected chi connectivity index (χ4v) is 5.36. The number of ether oxygens (including phenoxy) is 4. The van der Waals surface area contributed by atoms with E-state index < -0.39 is 5.97 Å². The van der Waals surface area contributed by atoms with Crippen molar-refractivity contribution in [3.05, 3.63) is 149 Å². The highest BCUT2D eigenvalue weighted by molar-refractivity contribution is 7.99. The molecule has 7 nitrogen and oxygen atoms in total. The summed E-state index contributed by atoms with van der Waals surface area (Å²) in [5.41, 5.74) is 5.38. The molecular formula is C43H38O7S. The lowest BCUT2D eigenvalue weighted by Gasteiger charge is -2.11. The van der Waals surface area contributed by atoms with Gasteiger partial charge >= 0.3 is 17.9 Å². The van der Waals surface area contributed by atoms with Crippen molar-refractivity contribution in [2.24, 2.45) is 0 Å². The minimum absolute atomic E-state index is 0.210. The van der Waals surface area contributed by atoms with Crippen LogP contribution in [0.4, 0.5) is 0 Å². The van der Waals surface area contributed by atoms with Crippen molar-refractivity contribution in [2.75, 3.05) is 26.6 Å². The summed E-state index contributed by atoms with van der Waals surface area (Å²) in [5.74, 6) is 12.8. The van der Waals surface area contributed by atoms with Crippen LogP contribution in [0, 0.1) is 23.7 Å². The quantitative estimate of drug-likeness (QED) is 0.0327. The number of methoxy groups -OCH3 is 2. The molecule has 8 heteroatoms. The van der Waals surface area contributed by atoms with Crippen LogP contribution in [0.15, 0.2) is 115 Å². The largest absolute Gasteiger partial charge is 0.488 e. The average molecular weight is 699 g/mol. The van der Waals surface area contributed by atoms with Gasteiger partial charge in [-0.05, 0) is 96.5 Å². The monoisotopic (exact) mass is 698 g/mol. The number of carbonyl (C=O) groups excluding carboxylic acids is 3. The van der Waals surface area contributed by atoms with E-state index in [0.29, 0.717) is 17.9 Å². The molecule has 0 aliphatic heterocycles. The molecule has 0 unspecified atom stereocenters. The fraction of sp³-hybridized carbons (Fsp3) is 0.186. The van der Waals surface area contributed by atoms with Crippen LogP contribution in [0.1, 0.15) is 63.0 Å². The van der Waals surface area contributed by atoms with Crippen molar-refractivity contribution in [3.8, 4) is 29.4 Å². The van der Waals surface area contributed by atoms with Crippen molar-refractivity contribution in [2.45, 2.75) is 30.8 Å². The first-order valence-corrected chi connectivity index (χ1v) is 17.2. The maximum atomic E-state index is 12.6. The molecule has 0 amide bonds. The van der Waals surface area contributed by atoms with Crippen LogP contribution in [-0.4, -0.2) is 44.5 Å². The van der Waals surface area contributed by atoms with E-state index >= 15 is 0 Å². The number of benzene rings is 4.